The number of likely N-dealkylation sites (tertiary alicyclic amines) is 1. The van der Waals surface area contributed by atoms with E-state index in [0.717, 1.165) is 12.5 Å². The third-order valence-electron chi connectivity index (χ3n) is 4.57. The first-order valence-corrected chi connectivity index (χ1v) is 10.4. The normalized spacial score (nSPS) is 17.5. The van der Waals surface area contributed by atoms with Crippen molar-refractivity contribution in [3.8, 4) is 17.1 Å². The average molecular weight is 455 g/mol. The van der Waals surface area contributed by atoms with E-state index in [-0.39, 0.29) is 23.0 Å². The Morgan fingerprint density at radius 1 is 1.12 bits per heavy atom. The fraction of sp³-hybridized carbons (Fsp3) is 0.591. The zero-order valence-electron chi connectivity index (χ0n) is 19.0. The standard InChI is InChI=1S/C22H28F3N3O4/c1-20(2,3)30-16-10-9-13(12-14(16)22(23,24)25)17-26-18(32-27-17)15-8-7-11-28(15)19(29)31-21(4,5)6/h9-10,12,15H,7-8,11H2,1-6H3/t15-/m0/s1. The van der Waals surface area contributed by atoms with Crippen LogP contribution in [0.25, 0.3) is 11.4 Å². The summed E-state index contributed by atoms with van der Waals surface area (Å²) in [7, 11) is 0. The summed E-state index contributed by atoms with van der Waals surface area (Å²) < 4.78 is 57.2. The lowest BCUT2D eigenvalue weighted by atomic mass is 10.1. The van der Waals surface area contributed by atoms with Crippen molar-refractivity contribution in [2.24, 2.45) is 0 Å². The first-order chi connectivity index (χ1) is 14.6. The van der Waals surface area contributed by atoms with Gasteiger partial charge in [0.05, 0.1) is 5.56 Å². The second kappa shape index (κ2) is 8.29. The molecule has 1 fully saturated rings. The van der Waals surface area contributed by atoms with Crippen LogP contribution in [0.5, 0.6) is 5.75 Å². The summed E-state index contributed by atoms with van der Waals surface area (Å²) in [4.78, 5) is 18.3. The van der Waals surface area contributed by atoms with Crippen LogP contribution in [0.2, 0.25) is 0 Å². The molecule has 1 aliphatic heterocycles. The smallest absolute Gasteiger partial charge is 0.419 e. The van der Waals surface area contributed by atoms with Crippen molar-refractivity contribution < 1.29 is 32.0 Å². The van der Waals surface area contributed by atoms with Gasteiger partial charge in [0.25, 0.3) is 0 Å². The number of nitrogens with zero attached hydrogens (tertiary/aromatic N) is 3. The van der Waals surface area contributed by atoms with E-state index < -0.39 is 35.1 Å². The van der Waals surface area contributed by atoms with E-state index in [1.54, 1.807) is 41.5 Å². The molecule has 0 unspecified atom stereocenters. The molecule has 7 nitrogen and oxygen atoms in total. The number of hydrogen-bond acceptors (Lipinski definition) is 6. The van der Waals surface area contributed by atoms with E-state index in [0.29, 0.717) is 13.0 Å². The number of aromatic nitrogens is 2. The van der Waals surface area contributed by atoms with E-state index in [1.165, 1.54) is 17.0 Å². The lowest BCUT2D eigenvalue weighted by Crippen LogP contribution is -2.36. The molecule has 1 amide bonds. The largest absolute Gasteiger partial charge is 0.488 e. The zero-order chi connectivity index (χ0) is 23.9. The maximum Gasteiger partial charge on any atom is 0.419 e. The molecule has 1 atom stereocenters. The Morgan fingerprint density at radius 3 is 2.41 bits per heavy atom. The van der Waals surface area contributed by atoms with E-state index >= 15 is 0 Å². The van der Waals surface area contributed by atoms with Crippen molar-refractivity contribution in [2.45, 2.75) is 77.8 Å². The molecule has 0 aliphatic carbocycles. The Morgan fingerprint density at radius 2 is 1.81 bits per heavy atom. The molecule has 2 aromatic rings. The number of carbonyl (C=O) groups excluding carboxylic acids is 1. The molecule has 0 N–H and O–H groups in total. The molecule has 1 saturated heterocycles. The number of halogens is 3. The van der Waals surface area contributed by atoms with E-state index in [4.69, 9.17) is 14.0 Å². The number of ether oxygens (including phenoxy) is 2. The highest BCUT2D eigenvalue weighted by Crippen LogP contribution is 2.40. The van der Waals surface area contributed by atoms with Gasteiger partial charge in [0, 0.05) is 12.1 Å². The molecule has 0 radical (unpaired) electrons. The van der Waals surface area contributed by atoms with Gasteiger partial charge in [-0.3, -0.25) is 4.90 Å². The SMILES string of the molecule is CC(C)(C)OC(=O)N1CCC[C@H]1c1nc(-c2ccc(OC(C)(C)C)c(C(F)(F)F)c2)no1. The van der Waals surface area contributed by atoms with Crippen LogP contribution in [0, 0.1) is 0 Å². The van der Waals surface area contributed by atoms with Crippen LogP contribution in [-0.4, -0.2) is 38.9 Å². The van der Waals surface area contributed by atoms with Gasteiger partial charge in [-0.25, -0.2) is 4.79 Å². The summed E-state index contributed by atoms with van der Waals surface area (Å²) in [6, 6.07) is 3.15. The molecule has 3 rings (SSSR count). The molecule has 1 aromatic heterocycles. The molecule has 0 spiro atoms. The predicted molar refractivity (Wildman–Crippen MR) is 110 cm³/mol. The fourth-order valence-corrected chi connectivity index (χ4v) is 3.36. The molecule has 10 heteroatoms. The topological polar surface area (TPSA) is 77.7 Å². The summed E-state index contributed by atoms with van der Waals surface area (Å²) in [5.41, 5.74) is -2.24. The van der Waals surface area contributed by atoms with Crippen molar-refractivity contribution in [3.63, 3.8) is 0 Å². The van der Waals surface area contributed by atoms with E-state index in [1.807, 2.05) is 0 Å². The van der Waals surface area contributed by atoms with E-state index in [2.05, 4.69) is 10.1 Å². The first-order valence-electron chi connectivity index (χ1n) is 10.4. The molecule has 2 heterocycles. The third kappa shape index (κ3) is 5.72. The summed E-state index contributed by atoms with van der Waals surface area (Å²) in [5, 5.41) is 3.85. The third-order valence-corrected chi connectivity index (χ3v) is 4.57. The van der Waals surface area contributed by atoms with Crippen LogP contribution in [0.15, 0.2) is 22.7 Å². The summed E-state index contributed by atoms with van der Waals surface area (Å²) >= 11 is 0. The Bertz CT molecular complexity index is 974. The Labute approximate surface area is 184 Å². The van der Waals surface area contributed by atoms with Crippen LogP contribution >= 0.6 is 0 Å². The highest BCUT2D eigenvalue weighted by Gasteiger charge is 2.38. The number of rotatable bonds is 3. The molecule has 0 bridgehead atoms. The highest BCUT2D eigenvalue weighted by molar-refractivity contribution is 5.69. The van der Waals surface area contributed by atoms with Crippen molar-refractivity contribution in [1.82, 2.24) is 15.0 Å². The lowest BCUT2D eigenvalue weighted by molar-refractivity contribution is -0.139. The first kappa shape index (κ1) is 23.9. The van der Waals surface area contributed by atoms with Gasteiger partial charge in [-0.1, -0.05) is 5.16 Å². The monoisotopic (exact) mass is 455 g/mol. The van der Waals surface area contributed by atoms with Gasteiger partial charge >= 0.3 is 12.3 Å². The summed E-state index contributed by atoms with van der Waals surface area (Å²) in [6.45, 7) is 10.8. The Balaban J connectivity index is 1.88. The molecule has 32 heavy (non-hydrogen) atoms. The van der Waals surface area contributed by atoms with Gasteiger partial charge in [-0.2, -0.15) is 18.2 Å². The van der Waals surface area contributed by atoms with E-state index in [9.17, 15) is 18.0 Å². The van der Waals surface area contributed by atoms with Gasteiger partial charge < -0.3 is 14.0 Å². The van der Waals surface area contributed by atoms with Gasteiger partial charge in [0.2, 0.25) is 11.7 Å². The van der Waals surface area contributed by atoms with Gasteiger partial charge in [-0.15, -0.1) is 0 Å². The average Bonchev–Trinajstić information content (AvgIpc) is 3.27. The van der Waals surface area contributed by atoms with Gasteiger partial charge in [0.15, 0.2) is 0 Å². The van der Waals surface area contributed by atoms with Crippen LogP contribution in [0.1, 0.15) is 71.9 Å². The summed E-state index contributed by atoms with van der Waals surface area (Å²) in [5.74, 6) is -0.111. The number of hydrogen-bond donors (Lipinski definition) is 0. The second-order valence-electron chi connectivity index (χ2n) is 9.71. The Kier molecular flexibility index (Phi) is 6.19. The number of benzene rings is 1. The number of amides is 1. The molecule has 176 valence electrons. The predicted octanol–water partition coefficient (Wildman–Crippen LogP) is 6.00. The maximum absolute atomic E-state index is 13.6. The van der Waals surface area contributed by atoms with Gasteiger partial charge in [-0.05, 0) is 72.6 Å². The molecule has 1 aromatic carbocycles. The van der Waals surface area contributed by atoms with Crippen LogP contribution in [0.3, 0.4) is 0 Å². The zero-order valence-corrected chi connectivity index (χ0v) is 19.0. The van der Waals surface area contributed by atoms with Crippen LogP contribution in [-0.2, 0) is 10.9 Å². The second-order valence-corrected chi connectivity index (χ2v) is 9.71. The number of alkyl halides is 3. The van der Waals surface area contributed by atoms with Crippen molar-refractivity contribution in [1.29, 1.82) is 0 Å². The van der Waals surface area contributed by atoms with Crippen LogP contribution in [0.4, 0.5) is 18.0 Å². The molecular formula is C22H28F3N3O4. The Hall–Kier alpha value is -2.78. The highest BCUT2D eigenvalue weighted by atomic mass is 19.4. The minimum atomic E-state index is -4.62. The van der Waals surface area contributed by atoms with Crippen molar-refractivity contribution in [3.05, 3.63) is 29.7 Å². The minimum Gasteiger partial charge on any atom is -0.488 e. The van der Waals surface area contributed by atoms with Crippen molar-refractivity contribution in [2.75, 3.05) is 6.54 Å². The molecule has 1 aliphatic rings. The molecular weight excluding hydrogens is 427 g/mol. The lowest BCUT2D eigenvalue weighted by Gasteiger charge is -2.27. The number of carbonyl (C=O) groups is 1. The van der Waals surface area contributed by atoms with Gasteiger partial charge in [0.1, 0.15) is 23.0 Å². The fourth-order valence-electron chi connectivity index (χ4n) is 3.36. The summed E-state index contributed by atoms with van der Waals surface area (Å²) in [6.07, 6.45) is -3.81. The maximum atomic E-state index is 13.6. The quantitative estimate of drug-likeness (QED) is 0.565. The molecule has 0 saturated carbocycles. The minimum absolute atomic E-state index is 0.00356. The van der Waals surface area contributed by atoms with Crippen molar-refractivity contribution >= 4 is 6.09 Å². The van der Waals surface area contributed by atoms with Crippen LogP contribution < -0.4 is 4.74 Å².